The molecule has 0 radical (unpaired) electrons. The third kappa shape index (κ3) is 4.99. The minimum absolute atomic E-state index is 0.0527. The summed E-state index contributed by atoms with van der Waals surface area (Å²) in [6.45, 7) is 10.2. The normalized spacial score (nSPS) is 11.6. The molecule has 0 saturated heterocycles. The number of hydrogen-bond donors (Lipinski definition) is 1. The van der Waals surface area contributed by atoms with Crippen LogP contribution in [0.4, 0.5) is 0 Å². The van der Waals surface area contributed by atoms with Crippen molar-refractivity contribution in [2.45, 2.75) is 26.8 Å². The quantitative estimate of drug-likeness (QED) is 0.801. The van der Waals surface area contributed by atoms with Gasteiger partial charge in [0.25, 0.3) is 5.91 Å². The Balaban J connectivity index is 2.03. The number of carbonyl (C=O) groups excluding carboxylic acids is 1. The molecule has 0 aliphatic rings. The summed E-state index contributed by atoms with van der Waals surface area (Å²) in [5.41, 5.74) is 3.81. The lowest BCUT2D eigenvalue weighted by molar-refractivity contribution is 0.0939. The second-order valence-corrected chi connectivity index (χ2v) is 5.88. The lowest BCUT2D eigenvalue weighted by Gasteiger charge is -2.15. The summed E-state index contributed by atoms with van der Waals surface area (Å²) in [4.78, 5) is 12.4. The average molecular weight is 309 g/mol. The summed E-state index contributed by atoms with van der Waals surface area (Å²) >= 11 is 0. The number of ether oxygens (including phenoxy) is 1. The molecule has 0 saturated carbocycles. The van der Waals surface area contributed by atoms with Crippen LogP contribution in [0.2, 0.25) is 0 Å². The van der Waals surface area contributed by atoms with E-state index in [2.05, 4.69) is 11.9 Å². The van der Waals surface area contributed by atoms with E-state index in [1.807, 2.05) is 57.2 Å². The first kappa shape index (κ1) is 16.8. The van der Waals surface area contributed by atoms with E-state index in [-0.39, 0.29) is 11.9 Å². The fraction of sp³-hybridized carbons (Fsp3) is 0.250. The molecule has 0 fully saturated rings. The third-order valence-corrected chi connectivity index (χ3v) is 3.51. The molecule has 120 valence electrons. The zero-order chi connectivity index (χ0) is 16.8. The second kappa shape index (κ2) is 7.63. The molecule has 0 heterocycles. The first-order valence-electron chi connectivity index (χ1n) is 7.70. The van der Waals surface area contributed by atoms with Gasteiger partial charge in [0.15, 0.2) is 0 Å². The van der Waals surface area contributed by atoms with E-state index in [0.717, 1.165) is 11.1 Å². The number of hydrogen-bond acceptors (Lipinski definition) is 2. The van der Waals surface area contributed by atoms with Gasteiger partial charge in [-0.05, 0) is 50.1 Å². The highest BCUT2D eigenvalue weighted by Crippen LogP contribution is 2.17. The molecular formula is C20H23NO2. The van der Waals surface area contributed by atoms with Gasteiger partial charge in [-0.2, -0.15) is 0 Å². The first-order valence-corrected chi connectivity index (χ1v) is 7.70. The van der Waals surface area contributed by atoms with Crippen molar-refractivity contribution in [2.75, 3.05) is 6.61 Å². The van der Waals surface area contributed by atoms with Crippen molar-refractivity contribution in [3.05, 3.63) is 77.4 Å². The molecule has 23 heavy (non-hydrogen) atoms. The lowest BCUT2D eigenvalue weighted by atomic mass is 10.1. The zero-order valence-electron chi connectivity index (χ0n) is 13.9. The molecular weight excluding hydrogens is 286 g/mol. The summed E-state index contributed by atoms with van der Waals surface area (Å²) in [7, 11) is 0. The number of nitrogens with one attached hydrogen (secondary N) is 1. The molecule has 2 rings (SSSR count). The average Bonchev–Trinajstić information content (AvgIpc) is 2.53. The van der Waals surface area contributed by atoms with Crippen molar-refractivity contribution in [1.82, 2.24) is 5.32 Å². The van der Waals surface area contributed by atoms with E-state index in [9.17, 15) is 4.79 Å². The fourth-order valence-corrected chi connectivity index (χ4v) is 2.15. The van der Waals surface area contributed by atoms with Crippen LogP contribution in [-0.2, 0) is 0 Å². The van der Waals surface area contributed by atoms with Gasteiger partial charge in [-0.3, -0.25) is 4.79 Å². The summed E-state index contributed by atoms with van der Waals surface area (Å²) in [6.07, 6.45) is 0. The van der Waals surface area contributed by atoms with Crippen molar-refractivity contribution in [3.8, 4) is 5.75 Å². The van der Waals surface area contributed by atoms with Crippen molar-refractivity contribution < 1.29 is 9.53 Å². The SMILES string of the molecule is C=C(C)COc1cccc(C(=O)N[C@@H](C)c2ccc(C)cc2)c1. The molecule has 0 aliphatic heterocycles. The Labute approximate surface area is 138 Å². The molecule has 0 unspecified atom stereocenters. The molecule has 1 amide bonds. The predicted octanol–water partition coefficient (Wildman–Crippen LogP) is 4.44. The van der Waals surface area contributed by atoms with Gasteiger partial charge in [-0.25, -0.2) is 0 Å². The standard InChI is InChI=1S/C20H23NO2/c1-14(2)13-23-19-7-5-6-18(12-19)20(22)21-16(4)17-10-8-15(3)9-11-17/h5-12,16H,1,13H2,2-4H3,(H,21,22)/t16-/m0/s1. The van der Waals surface area contributed by atoms with Crippen LogP contribution in [0.15, 0.2) is 60.7 Å². The van der Waals surface area contributed by atoms with Crippen LogP contribution in [0.5, 0.6) is 5.75 Å². The summed E-state index contributed by atoms with van der Waals surface area (Å²) in [5.74, 6) is 0.558. The Morgan fingerprint density at radius 2 is 1.91 bits per heavy atom. The van der Waals surface area contributed by atoms with Crippen LogP contribution in [0.1, 0.15) is 41.4 Å². The van der Waals surface area contributed by atoms with E-state index in [1.165, 1.54) is 5.56 Å². The van der Waals surface area contributed by atoms with Crippen molar-refractivity contribution >= 4 is 5.91 Å². The summed E-state index contributed by atoms with van der Waals surface area (Å²) in [6, 6.07) is 15.3. The maximum Gasteiger partial charge on any atom is 0.251 e. The van der Waals surface area contributed by atoms with Crippen LogP contribution in [0, 0.1) is 6.92 Å². The lowest BCUT2D eigenvalue weighted by Crippen LogP contribution is -2.26. The Morgan fingerprint density at radius 1 is 1.22 bits per heavy atom. The van der Waals surface area contributed by atoms with Crippen LogP contribution in [0.3, 0.4) is 0 Å². The molecule has 0 aromatic heterocycles. The van der Waals surface area contributed by atoms with E-state index in [0.29, 0.717) is 17.9 Å². The molecule has 2 aromatic rings. The molecule has 1 N–H and O–H groups in total. The Hall–Kier alpha value is -2.55. The predicted molar refractivity (Wildman–Crippen MR) is 93.8 cm³/mol. The number of benzene rings is 2. The highest BCUT2D eigenvalue weighted by Gasteiger charge is 2.12. The van der Waals surface area contributed by atoms with Gasteiger partial charge in [-0.1, -0.05) is 42.5 Å². The Bertz CT molecular complexity index is 689. The first-order chi connectivity index (χ1) is 11.0. The second-order valence-electron chi connectivity index (χ2n) is 5.88. The molecule has 0 spiro atoms. The smallest absolute Gasteiger partial charge is 0.251 e. The fourth-order valence-electron chi connectivity index (χ4n) is 2.15. The van der Waals surface area contributed by atoms with Gasteiger partial charge in [0, 0.05) is 5.56 Å². The molecule has 0 bridgehead atoms. The largest absolute Gasteiger partial charge is 0.489 e. The number of aryl methyl sites for hydroxylation is 1. The molecule has 0 aliphatic carbocycles. The van der Waals surface area contributed by atoms with Gasteiger partial charge in [0.2, 0.25) is 0 Å². The van der Waals surface area contributed by atoms with Gasteiger partial charge >= 0.3 is 0 Å². The molecule has 1 atom stereocenters. The monoisotopic (exact) mass is 309 g/mol. The number of carbonyl (C=O) groups is 1. The van der Waals surface area contributed by atoms with Gasteiger partial charge in [-0.15, -0.1) is 0 Å². The van der Waals surface area contributed by atoms with Gasteiger partial charge in [0.05, 0.1) is 6.04 Å². The summed E-state index contributed by atoms with van der Waals surface area (Å²) < 4.78 is 5.58. The third-order valence-electron chi connectivity index (χ3n) is 3.51. The van der Waals surface area contributed by atoms with Crippen molar-refractivity contribution in [1.29, 1.82) is 0 Å². The minimum Gasteiger partial charge on any atom is -0.489 e. The topological polar surface area (TPSA) is 38.3 Å². The number of amides is 1. The van der Waals surface area contributed by atoms with E-state index >= 15 is 0 Å². The number of rotatable bonds is 6. The van der Waals surface area contributed by atoms with Crippen LogP contribution in [-0.4, -0.2) is 12.5 Å². The van der Waals surface area contributed by atoms with Gasteiger partial charge in [0.1, 0.15) is 12.4 Å². The van der Waals surface area contributed by atoms with Gasteiger partial charge < -0.3 is 10.1 Å². The summed E-state index contributed by atoms with van der Waals surface area (Å²) in [5, 5.41) is 3.01. The zero-order valence-corrected chi connectivity index (χ0v) is 13.9. The minimum atomic E-state index is -0.112. The van der Waals surface area contributed by atoms with Crippen LogP contribution >= 0.6 is 0 Å². The maximum atomic E-state index is 12.4. The van der Waals surface area contributed by atoms with E-state index in [1.54, 1.807) is 12.1 Å². The molecule has 3 heteroatoms. The molecule has 3 nitrogen and oxygen atoms in total. The highest BCUT2D eigenvalue weighted by atomic mass is 16.5. The Morgan fingerprint density at radius 3 is 2.57 bits per heavy atom. The van der Waals surface area contributed by atoms with Crippen LogP contribution < -0.4 is 10.1 Å². The van der Waals surface area contributed by atoms with Crippen LogP contribution in [0.25, 0.3) is 0 Å². The highest BCUT2D eigenvalue weighted by molar-refractivity contribution is 5.94. The van der Waals surface area contributed by atoms with E-state index < -0.39 is 0 Å². The molecule has 2 aromatic carbocycles. The van der Waals surface area contributed by atoms with Crippen molar-refractivity contribution in [3.63, 3.8) is 0 Å². The van der Waals surface area contributed by atoms with E-state index in [4.69, 9.17) is 4.74 Å². The Kier molecular flexibility index (Phi) is 5.58. The van der Waals surface area contributed by atoms with Crippen molar-refractivity contribution in [2.24, 2.45) is 0 Å². The maximum absolute atomic E-state index is 12.4.